The van der Waals surface area contributed by atoms with E-state index in [0.29, 0.717) is 0 Å². The average Bonchev–Trinajstić information content (AvgIpc) is 2.89. The van der Waals surface area contributed by atoms with Crippen LogP contribution in [-0.4, -0.2) is 140 Å². The van der Waals surface area contributed by atoms with Crippen LogP contribution in [-0.2, 0) is 38.1 Å². The van der Waals surface area contributed by atoms with Crippen LogP contribution in [0.3, 0.4) is 0 Å². The van der Waals surface area contributed by atoms with Gasteiger partial charge in [0, 0.05) is 19.0 Å². The Morgan fingerprint density at radius 1 is 0.778 bits per heavy atom. The highest BCUT2D eigenvalue weighted by atomic mass is 16.7. The van der Waals surface area contributed by atoms with Crippen LogP contribution in [0, 0.1) is 17.3 Å². The Balaban J connectivity index is 2.43. The molecule has 2 aliphatic heterocycles. The van der Waals surface area contributed by atoms with Crippen molar-refractivity contribution in [1.29, 1.82) is 0 Å². The summed E-state index contributed by atoms with van der Waals surface area (Å²) in [5.41, 5.74) is 2.64. The Bertz CT molecular complexity index is 1010. The Morgan fingerprint density at radius 3 is 1.73 bits per heavy atom. The van der Waals surface area contributed by atoms with Gasteiger partial charge in [-0.05, 0) is 26.2 Å². The maximum atomic E-state index is 12.5. The van der Waals surface area contributed by atoms with Gasteiger partial charge in [0.25, 0.3) is 0 Å². The minimum Gasteiger partial charge on any atom is -0.479 e. The molecule has 0 bridgehead atoms. The van der Waals surface area contributed by atoms with Crippen molar-refractivity contribution in [2.75, 3.05) is 13.1 Å². The van der Waals surface area contributed by atoms with Gasteiger partial charge in [0.05, 0.1) is 29.8 Å². The fraction of sp³-hybridized carbons (Fsp3) is 0.885. The summed E-state index contributed by atoms with van der Waals surface area (Å²) in [5.74, 6) is 3.43. The molecule has 7 unspecified atom stereocenters. The predicted molar refractivity (Wildman–Crippen MR) is 149 cm³/mol. The molecule has 2 heterocycles. The van der Waals surface area contributed by atoms with E-state index in [-0.39, 0.29) is 0 Å². The first-order valence-corrected chi connectivity index (χ1v) is 14.2. The van der Waals surface area contributed by atoms with Gasteiger partial charge in [-0.1, -0.05) is 20.8 Å². The summed E-state index contributed by atoms with van der Waals surface area (Å²) in [6, 6.07) is 0. The minimum atomic E-state index is -2.07. The number of aliphatic hydroxyl groups excluding tert-OH is 4. The summed E-state index contributed by atoms with van der Waals surface area (Å²) in [6.07, 6.45) is -19.6. The molecule has 19 heteroatoms. The van der Waals surface area contributed by atoms with E-state index in [0.717, 1.165) is 0 Å². The van der Waals surface area contributed by atoms with Crippen LogP contribution in [0.2, 0.25) is 0 Å². The quantitative estimate of drug-likeness (QED) is 0.0632. The number of nitrogens with two attached hydrogens (primary N) is 2. The van der Waals surface area contributed by atoms with Crippen LogP contribution in [0.4, 0.5) is 0 Å². The Labute approximate surface area is 259 Å². The number of hydrazine groups is 2. The molecule has 2 saturated heterocycles. The third-order valence-electron chi connectivity index (χ3n) is 7.49. The molecule has 0 aliphatic carbocycles. The van der Waals surface area contributed by atoms with Gasteiger partial charge in [-0.15, -0.1) is 0 Å². The van der Waals surface area contributed by atoms with Crippen LogP contribution in [0.15, 0.2) is 0 Å². The molecule has 2 aliphatic rings. The molecule has 2 fully saturated rings. The van der Waals surface area contributed by atoms with Crippen LogP contribution < -0.4 is 22.5 Å². The molecule has 13 atom stereocenters. The molecule has 0 saturated carbocycles. The standard InChI is InChI=1S/C26H48N4O15/c1-25(2,3)12-14(32)16(34)23(44-19(12)22(39)40)42-10(8-30-28)17(20(35)36)41-9(7-29-27)11-13(31)15(33)24(45-26(4,5)6)43-18(11)21(37)38/h9-19,23-24,29-34H,7-8,27-28H2,1-6H3,(H,35,36)(H,37,38)(H,39,40)/t9?,10?,11-,12-,13-,14-,15?,16?,17?,18?,19?,23-,24+/m1/s1. The second-order valence-electron chi connectivity index (χ2n) is 13.1. The van der Waals surface area contributed by atoms with Crippen molar-refractivity contribution in [3.05, 3.63) is 0 Å². The smallest absolute Gasteiger partial charge is 0.335 e. The maximum absolute atomic E-state index is 12.5. The number of ether oxygens (including phenoxy) is 5. The number of aliphatic carboxylic acids is 3. The molecular weight excluding hydrogens is 608 g/mol. The van der Waals surface area contributed by atoms with Crippen LogP contribution >= 0.6 is 0 Å². The van der Waals surface area contributed by atoms with Crippen molar-refractivity contribution >= 4 is 17.9 Å². The van der Waals surface area contributed by atoms with Gasteiger partial charge in [0.2, 0.25) is 0 Å². The third-order valence-corrected chi connectivity index (χ3v) is 7.49. The predicted octanol–water partition coefficient (Wildman–Crippen LogP) is -3.71. The second kappa shape index (κ2) is 15.7. The van der Waals surface area contributed by atoms with Gasteiger partial charge in [0.1, 0.15) is 18.3 Å². The van der Waals surface area contributed by atoms with Gasteiger partial charge in [-0.2, -0.15) is 0 Å². The number of hydrogen-bond acceptors (Lipinski definition) is 16. The highest BCUT2D eigenvalue weighted by Gasteiger charge is 2.55. The fourth-order valence-electron chi connectivity index (χ4n) is 5.52. The number of hydrogen-bond donors (Lipinski definition) is 11. The SMILES string of the molecule is CC(C)(C)O[C@@H]1OC(C(=O)O)[C@H](C(CNN)OC(C(=O)O)C(CNN)O[C@@H]2OC(C(=O)O)[C@H](C(C)(C)C)[C@@H](O)C2O)[C@@H](O)C1O. The molecule has 0 amide bonds. The third kappa shape index (κ3) is 9.70. The van der Waals surface area contributed by atoms with Gasteiger partial charge in [-0.25, -0.2) is 14.4 Å². The molecule has 2 rings (SSSR count). The molecule has 0 aromatic rings. The zero-order valence-corrected chi connectivity index (χ0v) is 26.0. The lowest BCUT2D eigenvalue weighted by Gasteiger charge is -2.47. The van der Waals surface area contributed by atoms with Gasteiger partial charge in [0.15, 0.2) is 30.9 Å². The number of carboxylic acid groups (broad SMARTS) is 3. The van der Waals surface area contributed by atoms with Crippen molar-refractivity contribution in [2.24, 2.45) is 28.9 Å². The first-order chi connectivity index (χ1) is 20.7. The number of nitrogens with one attached hydrogen (secondary N) is 2. The fourth-order valence-corrected chi connectivity index (χ4v) is 5.52. The molecule has 0 spiro atoms. The van der Waals surface area contributed by atoms with Gasteiger partial charge >= 0.3 is 17.9 Å². The highest BCUT2D eigenvalue weighted by Crippen LogP contribution is 2.40. The molecule has 45 heavy (non-hydrogen) atoms. The zero-order valence-electron chi connectivity index (χ0n) is 26.0. The van der Waals surface area contributed by atoms with E-state index in [4.69, 9.17) is 35.4 Å². The molecular formula is C26H48N4O15. The number of carbonyl (C=O) groups is 3. The molecule has 0 aromatic carbocycles. The topological polar surface area (TPSA) is 315 Å². The normalized spacial score (nSPS) is 34.9. The number of carboxylic acids is 3. The van der Waals surface area contributed by atoms with Crippen molar-refractivity contribution < 1.29 is 73.8 Å². The number of aliphatic hydroxyl groups is 4. The lowest BCUT2D eigenvalue weighted by molar-refractivity contribution is -0.323. The van der Waals surface area contributed by atoms with E-state index in [9.17, 15) is 50.1 Å². The van der Waals surface area contributed by atoms with Gasteiger partial charge in [-0.3, -0.25) is 22.5 Å². The summed E-state index contributed by atoms with van der Waals surface area (Å²) >= 11 is 0. The summed E-state index contributed by atoms with van der Waals surface area (Å²) in [6.45, 7) is 8.75. The highest BCUT2D eigenvalue weighted by molar-refractivity contribution is 5.74. The lowest BCUT2D eigenvalue weighted by Crippen LogP contribution is -2.64. The first kappa shape index (κ1) is 39.1. The van der Waals surface area contributed by atoms with E-state index >= 15 is 0 Å². The Morgan fingerprint density at radius 2 is 1.29 bits per heavy atom. The van der Waals surface area contributed by atoms with Crippen molar-refractivity contribution in [1.82, 2.24) is 10.9 Å². The van der Waals surface area contributed by atoms with Crippen molar-refractivity contribution in [2.45, 2.75) is 115 Å². The van der Waals surface area contributed by atoms with E-state index in [2.05, 4.69) is 10.9 Å². The van der Waals surface area contributed by atoms with Crippen LogP contribution in [0.25, 0.3) is 0 Å². The average molecular weight is 657 g/mol. The Hall–Kier alpha value is -2.11. The van der Waals surface area contributed by atoms with E-state index in [1.54, 1.807) is 41.5 Å². The molecule has 19 nitrogen and oxygen atoms in total. The largest absolute Gasteiger partial charge is 0.479 e. The Kier molecular flexibility index (Phi) is 13.6. The van der Waals surface area contributed by atoms with Crippen molar-refractivity contribution in [3.63, 3.8) is 0 Å². The first-order valence-electron chi connectivity index (χ1n) is 14.2. The summed E-state index contributed by atoms with van der Waals surface area (Å²) in [7, 11) is 0. The lowest BCUT2D eigenvalue weighted by atomic mass is 9.71. The van der Waals surface area contributed by atoms with Crippen molar-refractivity contribution in [3.8, 4) is 0 Å². The maximum Gasteiger partial charge on any atom is 0.335 e. The van der Waals surface area contributed by atoms with E-state index in [1.165, 1.54) is 0 Å². The molecule has 0 radical (unpaired) electrons. The van der Waals surface area contributed by atoms with E-state index in [1.807, 2.05) is 0 Å². The molecule has 262 valence electrons. The summed E-state index contributed by atoms with van der Waals surface area (Å²) in [4.78, 5) is 36.8. The summed E-state index contributed by atoms with van der Waals surface area (Å²) < 4.78 is 28.0. The minimum absolute atomic E-state index is 0.478. The summed E-state index contributed by atoms with van der Waals surface area (Å²) in [5, 5.41) is 73.3. The monoisotopic (exact) mass is 656 g/mol. The van der Waals surface area contributed by atoms with E-state index < -0.39 is 121 Å². The van der Waals surface area contributed by atoms with Crippen LogP contribution in [0.5, 0.6) is 0 Å². The molecule has 13 N–H and O–H groups in total. The molecule has 0 aromatic heterocycles. The van der Waals surface area contributed by atoms with Gasteiger partial charge < -0.3 is 59.4 Å². The van der Waals surface area contributed by atoms with Crippen LogP contribution in [0.1, 0.15) is 41.5 Å². The zero-order chi connectivity index (χ0) is 34.6. The second-order valence-corrected chi connectivity index (χ2v) is 13.1. The number of rotatable bonds is 14.